The molecule has 0 saturated carbocycles. The summed E-state index contributed by atoms with van der Waals surface area (Å²) < 4.78 is 30.8. The third kappa shape index (κ3) is 4.31. The molecule has 0 spiro atoms. The van der Waals surface area contributed by atoms with Crippen molar-refractivity contribution in [3.8, 4) is 6.07 Å². The number of likely N-dealkylation sites (N-methyl/N-ethyl adjacent to an activating group) is 1. The van der Waals surface area contributed by atoms with Crippen LogP contribution in [0.3, 0.4) is 0 Å². The predicted molar refractivity (Wildman–Crippen MR) is 72.1 cm³/mol. The van der Waals surface area contributed by atoms with E-state index in [2.05, 4.69) is 0 Å². The van der Waals surface area contributed by atoms with Crippen molar-refractivity contribution in [3.63, 3.8) is 0 Å². The first-order chi connectivity index (χ1) is 9.02. The molecule has 0 atom stereocenters. The largest absolute Gasteiger partial charge is 0.380 e. The highest BCUT2D eigenvalue weighted by Gasteiger charge is 2.20. The standard InChI is InChI=1S/C13H18N2O3S/c1-3-18-11-10-15(2)19(16,17)13-6-4-12(5-7-13)8-9-14/h4-7H,3,8,10-11H2,1-2H3. The van der Waals surface area contributed by atoms with Gasteiger partial charge in [-0.1, -0.05) is 12.1 Å². The molecule has 6 heteroatoms. The van der Waals surface area contributed by atoms with Crippen molar-refractivity contribution in [2.45, 2.75) is 18.2 Å². The van der Waals surface area contributed by atoms with Gasteiger partial charge in [0.2, 0.25) is 10.0 Å². The molecular weight excluding hydrogens is 264 g/mol. The lowest BCUT2D eigenvalue weighted by Gasteiger charge is -2.17. The summed E-state index contributed by atoms with van der Waals surface area (Å²) in [5, 5.41) is 8.57. The maximum Gasteiger partial charge on any atom is 0.242 e. The molecule has 19 heavy (non-hydrogen) atoms. The molecule has 0 N–H and O–H groups in total. The van der Waals surface area contributed by atoms with E-state index in [-0.39, 0.29) is 11.3 Å². The summed E-state index contributed by atoms with van der Waals surface area (Å²) in [5.74, 6) is 0. The molecule has 1 aromatic rings. The lowest BCUT2D eigenvalue weighted by atomic mass is 10.2. The predicted octanol–water partition coefficient (Wildman–Crippen LogP) is 1.41. The third-order valence-corrected chi connectivity index (χ3v) is 4.54. The van der Waals surface area contributed by atoms with Gasteiger partial charge in [-0.2, -0.15) is 9.57 Å². The number of ether oxygens (including phenoxy) is 1. The van der Waals surface area contributed by atoms with Gasteiger partial charge in [0.05, 0.1) is 24.0 Å². The second-order valence-corrected chi connectivity index (χ2v) is 6.05. The summed E-state index contributed by atoms with van der Waals surface area (Å²) >= 11 is 0. The maximum absolute atomic E-state index is 12.2. The number of nitrogens with zero attached hydrogens (tertiary/aromatic N) is 2. The highest BCUT2D eigenvalue weighted by atomic mass is 32.2. The van der Waals surface area contributed by atoms with Crippen molar-refractivity contribution in [1.82, 2.24) is 4.31 Å². The fraction of sp³-hybridized carbons (Fsp3) is 0.462. The molecule has 1 aromatic carbocycles. The molecule has 0 aliphatic rings. The second-order valence-electron chi connectivity index (χ2n) is 4.00. The van der Waals surface area contributed by atoms with Gasteiger partial charge in [-0.05, 0) is 24.6 Å². The molecule has 0 unspecified atom stereocenters. The van der Waals surface area contributed by atoms with Crippen molar-refractivity contribution >= 4 is 10.0 Å². The molecule has 0 bridgehead atoms. The Morgan fingerprint density at radius 3 is 2.47 bits per heavy atom. The Labute approximate surface area is 114 Å². The van der Waals surface area contributed by atoms with Gasteiger partial charge < -0.3 is 4.74 Å². The Morgan fingerprint density at radius 1 is 1.32 bits per heavy atom. The van der Waals surface area contributed by atoms with Crippen LogP contribution in [0.1, 0.15) is 12.5 Å². The number of sulfonamides is 1. The lowest BCUT2D eigenvalue weighted by Crippen LogP contribution is -2.30. The normalized spacial score (nSPS) is 11.5. The first kappa shape index (κ1) is 15.6. The van der Waals surface area contributed by atoms with Gasteiger partial charge in [-0.3, -0.25) is 0 Å². The smallest absolute Gasteiger partial charge is 0.242 e. The molecule has 0 aliphatic heterocycles. The zero-order valence-electron chi connectivity index (χ0n) is 11.2. The van der Waals surface area contributed by atoms with Gasteiger partial charge in [-0.25, -0.2) is 8.42 Å². The SMILES string of the molecule is CCOCCN(C)S(=O)(=O)c1ccc(CC#N)cc1. The number of benzene rings is 1. The van der Waals surface area contributed by atoms with Gasteiger partial charge in [0.25, 0.3) is 0 Å². The molecule has 104 valence electrons. The molecule has 0 radical (unpaired) electrons. The summed E-state index contributed by atoms with van der Waals surface area (Å²) in [6, 6.07) is 8.40. The van der Waals surface area contributed by atoms with Crippen LogP contribution in [-0.4, -0.2) is 39.5 Å². The van der Waals surface area contributed by atoms with E-state index < -0.39 is 10.0 Å². The fourth-order valence-corrected chi connectivity index (χ4v) is 2.66. The number of nitriles is 1. The first-order valence-corrected chi connectivity index (χ1v) is 7.46. The molecule has 0 aromatic heterocycles. The molecule has 0 saturated heterocycles. The van der Waals surface area contributed by atoms with Crippen LogP contribution in [0.25, 0.3) is 0 Å². The molecule has 5 nitrogen and oxygen atoms in total. The molecule has 1 rings (SSSR count). The lowest BCUT2D eigenvalue weighted by molar-refractivity contribution is 0.138. The van der Waals surface area contributed by atoms with E-state index in [9.17, 15) is 8.42 Å². The summed E-state index contributed by atoms with van der Waals surface area (Å²) in [7, 11) is -1.96. The topological polar surface area (TPSA) is 70.4 Å². The molecule has 0 fully saturated rings. The quantitative estimate of drug-likeness (QED) is 0.709. The molecule has 0 heterocycles. The van der Waals surface area contributed by atoms with E-state index in [0.29, 0.717) is 19.8 Å². The van der Waals surface area contributed by atoms with Gasteiger partial charge in [0.1, 0.15) is 0 Å². The Bertz CT molecular complexity index is 532. The Balaban J connectivity index is 2.79. The fourth-order valence-electron chi connectivity index (χ4n) is 1.51. The van der Waals surface area contributed by atoms with E-state index in [1.807, 2.05) is 13.0 Å². The number of hydrogen-bond donors (Lipinski definition) is 0. The van der Waals surface area contributed by atoms with Gasteiger partial charge in [-0.15, -0.1) is 0 Å². The van der Waals surface area contributed by atoms with Crippen molar-refractivity contribution in [2.24, 2.45) is 0 Å². The third-order valence-electron chi connectivity index (χ3n) is 2.67. The monoisotopic (exact) mass is 282 g/mol. The molecular formula is C13H18N2O3S. The van der Waals surface area contributed by atoms with Crippen LogP contribution in [0, 0.1) is 11.3 Å². The Morgan fingerprint density at radius 2 is 1.95 bits per heavy atom. The summed E-state index contributed by atoms with van der Waals surface area (Å²) in [5.41, 5.74) is 0.804. The van der Waals surface area contributed by atoms with E-state index in [1.54, 1.807) is 12.1 Å². The van der Waals surface area contributed by atoms with Crippen molar-refractivity contribution in [2.75, 3.05) is 26.8 Å². The number of rotatable bonds is 7. The maximum atomic E-state index is 12.2. The molecule has 0 aliphatic carbocycles. The van der Waals surface area contributed by atoms with Crippen LogP contribution in [0.4, 0.5) is 0 Å². The Hall–Kier alpha value is -1.42. The van der Waals surface area contributed by atoms with Crippen molar-refractivity contribution in [3.05, 3.63) is 29.8 Å². The average molecular weight is 282 g/mol. The number of hydrogen-bond acceptors (Lipinski definition) is 4. The van der Waals surface area contributed by atoms with Crippen LogP contribution < -0.4 is 0 Å². The zero-order valence-corrected chi connectivity index (χ0v) is 12.0. The summed E-state index contributed by atoms with van der Waals surface area (Å²) in [4.78, 5) is 0.230. The van der Waals surface area contributed by atoms with Gasteiger partial charge in [0, 0.05) is 20.2 Å². The van der Waals surface area contributed by atoms with Crippen LogP contribution in [-0.2, 0) is 21.2 Å². The summed E-state index contributed by atoms with van der Waals surface area (Å²) in [6.07, 6.45) is 0.278. The van der Waals surface area contributed by atoms with E-state index in [1.165, 1.54) is 23.5 Å². The van der Waals surface area contributed by atoms with Crippen molar-refractivity contribution in [1.29, 1.82) is 5.26 Å². The van der Waals surface area contributed by atoms with E-state index in [0.717, 1.165) is 5.56 Å². The van der Waals surface area contributed by atoms with Crippen LogP contribution in [0.2, 0.25) is 0 Å². The molecule has 0 amide bonds. The minimum Gasteiger partial charge on any atom is -0.380 e. The highest BCUT2D eigenvalue weighted by molar-refractivity contribution is 7.89. The first-order valence-electron chi connectivity index (χ1n) is 6.02. The second kappa shape index (κ2) is 7.24. The van der Waals surface area contributed by atoms with Crippen molar-refractivity contribution < 1.29 is 13.2 Å². The minimum absolute atomic E-state index is 0.230. The minimum atomic E-state index is -3.48. The van der Waals surface area contributed by atoms with Gasteiger partial charge >= 0.3 is 0 Å². The van der Waals surface area contributed by atoms with E-state index in [4.69, 9.17) is 10.00 Å². The van der Waals surface area contributed by atoms with Gasteiger partial charge in [0.15, 0.2) is 0 Å². The zero-order chi connectivity index (χ0) is 14.3. The highest BCUT2D eigenvalue weighted by Crippen LogP contribution is 2.15. The Kier molecular flexibility index (Phi) is 5.96. The average Bonchev–Trinajstić information content (AvgIpc) is 2.40. The van der Waals surface area contributed by atoms with E-state index >= 15 is 0 Å². The summed E-state index contributed by atoms with van der Waals surface area (Å²) in [6.45, 7) is 3.12. The van der Waals surface area contributed by atoms with Crippen LogP contribution in [0.5, 0.6) is 0 Å². The van der Waals surface area contributed by atoms with Crippen LogP contribution >= 0.6 is 0 Å². The van der Waals surface area contributed by atoms with Crippen LogP contribution in [0.15, 0.2) is 29.2 Å².